The van der Waals surface area contributed by atoms with Gasteiger partial charge in [-0.1, -0.05) is 6.92 Å². The number of nitrogens with one attached hydrogen (secondary N) is 1. The highest BCUT2D eigenvalue weighted by molar-refractivity contribution is 9.10. The molecular formula is C12H16BrNO3. The zero-order valence-electron chi connectivity index (χ0n) is 9.87. The van der Waals surface area contributed by atoms with E-state index < -0.39 is 5.97 Å². The smallest absolute Gasteiger partial charge is 0.306 e. The van der Waals surface area contributed by atoms with Gasteiger partial charge < -0.3 is 15.2 Å². The second kappa shape index (κ2) is 6.49. The molecule has 0 radical (unpaired) electrons. The Labute approximate surface area is 109 Å². The average molecular weight is 302 g/mol. The molecule has 94 valence electrons. The average Bonchev–Trinajstić information content (AvgIpc) is 2.29. The Morgan fingerprint density at radius 1 is 1.59 bits per heavy atom. The summed E-state index contributed by atoms with van der Waals surface area (Å²) < 4.78 is 5.99. The zero-order valence-corrected chi connectivity index (χ0v) is 11.5. The van der Waals surface area contributed by atoms with Crippen molar-refractivity contribution in [2.24, 2.45) is 5.92 Å². The van der Waals surface area contributed by atoms with Crippen molar-refractivity contribution in [3.63, 3.8) is 0 Å². The first-order chi connectivity index (χ1) is 8.04. The van der Waals surface area contributed by atoms with Crippen LogP contribution in [0.4, 0.5) is 5.69 Å². The first-order valence-corrected chi connectivity index (χ1v) is 6.14. The van der Waals surface area contributed by atoms with Gasteiger partial charge >= 0.3 is 5.97 Å². The lowest BCUT2D eigenvalue weighted by Gasteiger charge is -2.10. The molecule has 1 atom stereocenters. The highest BCUT2D eigenvalue weighted by atomic mass is 79.9. The van der Waals surface area contributed by atoms with Crippen LogP contribution >= 0.6 is 15.9 Å². The number of aliphatic carboxylic acids is 1. The number of benzene rings is 1. The van der Waals surface area contributed by atoms with Crippen molar-refractivity contribution < 1.29 is 14.6 Å². The van der Waals surface area contributed by atoms with Crippen molar-refractivity contribution in [1.82, 2.24) is 0 Å². The van der Waals surface area contributed by atoms with Gasteiger partial charge in [-0.25, -0.2) is 0 Å². The molecule has 0 fully saturated rings. The van der Waals surface area contributed by atoms with Crippen LogP contribution in [0.5, 0.6) is 5.75 Å². The van der Waals surface area contributed by atoms with E-state index in [1.54, 1.807) is 14.0 Å². The third-order valence-electron chi connectivity index (χ3n) is 2.48. The SMILES string of the molecule is COc1ccc(NCCC(C)C(=O)O)cc1Br. The maximum absolute atomic E-state index is 10.6. The molecule has 1 rings (SSSR count). The Morgan fingerprint density at radius 3 is 2.82 bits per heavy atom. The minimum atomic E-state index is -0.761. The maximum atomic E-state index is 10.6. The van der Waals surface area contributed by atoms with E-state index in [0.29, 0.717) is 13.0 Å². The van der Waals surface area contributed by atoms with Gasteiger partial charge in [-0.3, -0.25) is 4.79 Å². The number of hydrogen-bond acceptors (Lipinski definition) is 3. The van der Waals surface area contributed by atoms with E-state index in [4.69, 9.17) is 9.84 Å². The molecule has 4 nitrogen and oxygen atoms in total. The van der Waals surface area contributed by atoms with Gasteiger partial charge in [0.2, 0.25) is 0 Å². The van der Waals surface area contributed by atoms with Crippen molar-refractivity contribution in [3.05, 3.63) is 22.7 Å². The largest absolute Gasteiger partial charge is 0.496 e. The van der Waals surface area contributed by atoms with Crippen molar-refractivity contribution >= 4 is 27.6 Å². The van der Waals surface area contributed by atoms with Gasteiger partial charge in [0.25, 0.3) is 0 Å². The van der Waals surface area contributed by atoms with E-state index in [2.05, 4.69) is 21.2 Å². The van der Waals surface area contributed by atoms with Crippen molar-refractivity contribution in [3.8, 4) is 5.75 Å². The van der Waals surface area contributed by atoms with Crippen LogP contribution in [-0.2, 0) is 4.79 Å². The molecule has 1 aromatic carbocycles. The fraction of sp³-hybridized carbons (Fsp3) is 0.417. The Morgan fingerprint density at radius 2 is 2.29 bits per heavy atom. The van der Waals surface area contributed by atoms with Gasteiger partial charge in [-0.05, 0) is 40.5 Å². The summed E-state index contributed by atoms with van der Waals surface area (Å²) in [6.07, 6.45) is 0.596. The Balaban J connectivity index is 2.47. The van der Waals surface area contributed by atoms with E-state index >= 15 is 0 Å². The lowest BCUT2D eigenvalue weighted by molar-refractivity contribution is -0.141. The molecule has 2 N–H and O–H groups in total. The highest BCUT2D eigenvalue weighted by Crippen LogP contribution is 2.27. The summed E-state index contributed by atoms with van der Waals surface area (Å²) in [4.78, 5) is 10.6. The Kier molecular flexibility index (Phi) is 5.28. The van der Waals surface area contributed by atoms with Crippen LogP contribution < -0.4 is 10.1 Å². The lowest BCUT2D eigenvalue weighted by atomic mass is 10.1. The summed E-state index contributed by atoms with van der Waals surface area (Å²) >= 11 is 3.39. The predicted octanol–water partition coefficient (Wildman–Crippen LogP) is 2.98. The molecule has 0 heterocycles. The molecule has 0 aromatic heterocycles. The number of carbonyl (C=O) groups is 1. The summed E-state index contributed by atoms with van der Waals surface area (Å²) in [6, 6.07) is 5.66. The minimum absolute atomic E-state index is 0.329. The summed E-state index contributed by atoms with van der Waals surface area (Å²) in [7, 11) is 1.61. The lowest BCUT2D eigenvalue weighted by Crippen LogP contribution is -2.14. The van der Waals surface area contributed by atoms with Crippen molar-refractivity contribution in [2.75, 3.05) is 19.0 Å². The number of methoxy groups -OCH3 is 1. The van der Waals surface area contributed by atoms with Crippen LogP contribution in [0, 0.1) is 5.92 Å². The molecule has 0 aliphatic heterocycles. The van der Waals surface area contributed by atoms with Gasteiger partial charge in [0.15, 0.2) is 0 Å². The fourth-order valence-corrected chi connectivity index (χ4v) is 1.87. The van der Waals surface area contributed by atoms with Gasteiger partial charge in [-0.15, -0.1) is 0 Å². The quantitative estimate of drug-likeness (QED) is 0.848. The van der Waals surface area contributed by atoms with Gasteiger partial charge in [-0.2, -0.15) is 0 Å². The van der Waals surface area contributed by atoms with Crippen molar-refractivity contribution in [2.45, 2.75) is 13.3 Å². The Bertz CT molecular complexity index is 395. The number of halogens is 1. The van der Waals surface area contributed by atoms with E-state index in [0.717, 1.165) is 15.9 Å². The van der Waals surface area contributed by atoms with Gasteiger partial charge in [0.1, 0.15) is 5.75 Å². The molecule has 0 bridgehead atoms. The van der Waals surface area contributed by atoms with Crippen LogP contribution in [0.25, 0.3) is 0 Å². The number of hydrogen-bond donors (Lipinski definition) is 2. The number of ether oxygens (including phenoxy) is 1. The van der Waals surface area contributed by atoms with E-state index in [1.165, 1.54) is 0 Å². The topological polar surface area (TPSA) is 58.6 Å². The fourth-order valence-electron chi connectivity index (χ4n) is 1.33. The highest BCUT2D eigenvalue weighted by Gasteiger charge is 2.09. The van der Waals surface area contributed by atoms with E-state index in [9.17, 15) is 4.79 Å². The third-order valence-corrected chi connectivity index (χ3v) is 3.10. The molecule has 0 saturated heterocycles. The summed E-state index contributed by atoms with van der Waals surface area (Å²) in [5.74, 6) is -0.318. The third kappa shape index (κ3) is 4.26. The van der Waals surface area contributed by atoms with Crippen LogP contribution in [0.3, 0.4) is 0 Å². The van der Waals surface area contributed by atoms with Crippen LogP contribution in [-0.4, -0.2) is 24.7 Å². The zero-order chi connectivity index (χ0) is 12.8. The molecule has 0 aliphatic rings. The Hall–Kier alpha value is -1.23. The first-order valence-electron chi connectivity index (χ1n) is 5.34. The van der Waals surface area contributed by atoms with Gasteiger partial charge in [0, 0.05) is 12.2 Å². The monoisotopic (exact) mass is 301 g/mol. The van der Waals surface area contributed by atoms with Crippen LogP contribution in [0.2, 0.25) is 0 Å². The molecule has 5 heteroatoms. The minimum Gasteiger partial charge on any atom is -0.496 e. The molecule has 1 unspecified atom stereocenters. The molecule has 0 spiro atoms. The summed E-state index contributed by atoms with van der Waals surface area (Å²) in [6.45, 7) is 2.33. The van der Waals surface area contributed by atoms with Crippen molar-refractivity contribution in [1.29, 1.82) is 0 Å². The number of carboxylic acids is 1. The number of carboxylic acid groups (broad SMARTS) is 1. The predicted molar refractivity (Wildman–Crippen MR) is 70.6 cm³/mol. The normalized spacial score (nSPS) is 11.9. The molecule has 17 heavy (non-hydrogen) atoms. The molecular weight excluding hydrogens is 286 g/mol. The van der Waals surface area contributed by atoms with Gasteiger partial charge in [0.05, 0.1) is 17.5 Å². The van der Waals surface area contributed by atoms with E-state index in [-0.39, 0.29) is 5.92 Å². The summed E-state index contributed by atoms with van der Waals surface area (Å²) in [5, 5.41) is 11.9. The molecule has 0 saturated carbocycles. The number of rotatable bonds is 6. The number of anilines is 1. The maximum Gasteiger partial charge on any atom is 0.306 e. The molecule has 0 amide bonds. The van der Waals surface area contributed by atoms with Crippen LogP contribution in [0.15, 0.2) is 22.7 Å². The van der Waals surface area contributed by atoms with E-state index in [1.807, 2.05) is 18.2 Å². The second-order valence-electron chi connectivity index (χ2n) is 3.80. The first kappa shape index (κ1) is 13.8. The summed E-state index contributed by atoms with van der Waals surface area (Å²) in [5.41, 5.74) is 0.940. The molecule has 1 aromatic rings. The standard InChI is InChI=1S/C12H16BrNO3/c1-8(12(15)16)5-6-14-9-3-4-11(17-2)10(13)7-9/h3-4,7-8,14H,5-6H2,1-2H3,(H,15,16). The molecule has 0 aliphatic carbocycles. The van der Waals surface area contributed by atoms with Crippen LogP contribution in [0.1, 0.15) is 13.3 Å². The second-order valence-corrected chi connectivity index (χ2v) is 4.66.